The minimum absolute atomic E-state index is 0.130. The molecule has 0 amide bonds. The first-order chi connectivity index (χ1) is 15.2. The first-order valence-electron chi connectivity index (χ1n) is 10.6. The van der Waals surface area contributed by atoms with Crippen molar-refractivity contribution in [1.82, 2.24) is 4.57 Å². The van der Waals surface area contributed by atoms with Crippen LogP contribution in [0.1, 0.15) is 49.7 Å². The highest BCUT2D eigenvalue weighted by Crippen LogP contribution is 2.36. The molecule has 0 aliphatic rings. The second kappa shape index (κ2) is 11.6. The van der Waals surface area contributed by atoms with Gasteiger partial charge in [0.25, 0.3) is 0 Å². The van der Waals surface area contributed by atoms with Gasteiger partial charge in [0.05, 0.1) is 18.6 Å². The van der Waals surface area contributed by atoms with E-state index in [4.69, 9.17) is 9.84 Å². The van der Waals surface area contributed by atoms with Crippen molar-refractivity contribution in [2.75, 3.05) is 7.11 Å². The quantitative estimate of drug-likeness (QED) is 0.443. The molecule has 0 bridgehead atoms. The van der Waals surface area contributed by atoms with Gasteiger partial charge >= 0.3 is 5.97 Å². The van der Waals surface area contributed by atoms with Gasteiger partial charge in [-0.15, -0.1) is 0 Å². The summed E-state index contributed by atoms with van der Waals surface area (Å²) in [5, 5.41) is 18.9. The van der Waals surface area contributed by atoms with Crippen LogP contribution in [0.15, 0.2) is 49.1 Å². The van der Waals surface area contributed by atoms with Crippen molar-refractivity contribution >= 4 is 18.1 Å². The van der Waals surface area contributed by atoms with Crippen molar-refractivity contribution in [3.8, 4) is 11.1 Å². The largest absolute Gasteiger partial charge is 0.481 e. The SMILES string of the molecule is C=C/C=C\c1c(C)c(-c2ccc(F)cc2)c(/C=C/[C@H](C[C@@H](O)CC(=O)O)OC)n1C(C)C. The third kappa shape index (κ3) is 6.28. The second-order valence-electron chi connectivity index (χ2n) is 7.96. The summed E-state index contributed by atoms with van der Waals surface area (Å²) >= 11 is 0. The molecule has 2 rings (SSSR count). The molecule has 5 nitrogen and oxygen atoms in total. The van der Waals surface area contributed by atoms with E-state index < -0.39 is 18.2 Å². The maximum Gasteiger partial charge on any atom is 0.305 e. The van der Waals surface area contributed by atoms with Gasteiger partial charge in [-0.1, -0.05) is 36.9 Å². The van der Waals surface area contributed by atoms with Crippen molar-refractivity contribution in [1.29, 1.82) is 0 Å². The molecular weight excluding hydrogens is 409 g/mol. The molecule has 0 fully saturated rings. The van der Waals surface area contributed by atoms with Gasteiger partial charge in [-0.3, -0.25) is 4.79 Å². The number of hydrogen-bond donors (Lipinski definition) is 2. The third-order valence-corrected chi connectivity index (χ3v) is 5.26. The monoisotopic (exact) mass is 441 g/mol. The van der Waals surface area contributed by atoms with Crippen LogP contribution in [0.5, 0.6) is 0 Å². The fourth-order valence-corrected chi connectivity index (χ4v) is 3.82. The van der Waals surface area contributed by atoms with Gasteiger partial charge in [0.15, 0.2) is 0 Å². The number of nitrogens with zero attached hydrogens (tertiary/aromatic N) is 1. The molecule has 32 heavy (non-hydrogen) atoms. The summed E-state index contributed by atoms with van der Waals surface area (Å²) < 4.78 is 21.2. The number of rotatable bonds is 11. The van der Waals surface area contributed by atoms with E-state index in [-0.39, 0.29) is 24.7 Å². The molecule has 0 saturated carbocycles. The third-order valence-electron chi connectivity index (χ3n) is 5.26. The molecule has 1 aromatic heterocycles. The zero-order valence-corrected chi connectivity index (χ0v) is 19.1. The molecule has 0 aliphatic heterocycles. The summed E-state index contributed by atoms with van der Waals surface area (Å²) in [4.78, 5) is 10.9. The smallest absolute Gasteiger partial charge is 0.305 e. The first-order valence-corrected chi connectivity index (χ1v) is 10.6. The molecule has 1 aromatic carbocycles. The van der Waals surface area contributed by atoms with Crippen LogP contribution >= 0.6 is 0 Å². The summed E-state index contributed by atoms with van der Waals surface area (Å²) in [6.45, 7) is 9.96. The van der Waals surface area contributed by atoms with Crippen LogP contribution in [0.4, 0.5) is 4.39 Å². The molecule has 0 unspecified atom stereocenters. The highest BCUT2D eigenvalue weighted by atomic mass is 19.1. The number of halogens is 1. The van der Waals surface area contributed by atoms with E-state index in [2.05, 4.69) is 25.0 Å². The molecular formula is C26H32FNO4. The minimum atomic E-state index is -1.06. The molecule has 2 aromatic rings. The van der Waals surface area contributed by atoms with Crippen molar-refractivity contribution < 1.29 is 24.1 Å². The minimum Gasteiger partial charge on any atom is -0.481 e. The lowest BCUT2D eigenvalue weighted by molar-refractivity contribution is -0.139. The Balaban J connectivity index is 2.60. The Bertz CT molecular complexity index is 986. The number of carbonyl (C=O) groups is 1. The molecule has 1 heterocycles. The normalized spacial score (nSPS) is 13.8. The Morgan fingerprint density at radius 2 is 1.88 bits per heavy atom. The van der Waals surface area contributed by atoms with E-state index >= 15 is 0 Å². The van der Waals surface area contributed by atoms with Gasteiger partial charge in [-0.25, -0.2) is 4.39 Å². The lowest BCUT2D eigenvalue weighted by Crippen LogP contribution is -2.20. The summed E-state index contributed by atoms with van der Waals surface area (Å²) in [5.41, 5.74) is 4.83. The number of ether oxygens (including phenoxy) is 1. The maximum absolute atomic E-state index is 13.6. The number of aliphatic hydroxyl groups excluding tert-OH is 1. The molecule has 2 atom stereocenters. The van der Waals surface area contributed by atoms with Crippen LogP contribution in [0.2, 0.25) is 0 Å². The maximum atomic E-state index is 13.6. The number of aliphatic carboxylic acids is 1. The van der Waals surface area contributed by atoms with Gasteiger partial charge in [0.2, 0.25) is 0 Å². The second-order valence-corrected chi connectivity index (χ2v) is 7.96. The molecule has 0 aliphatic carbocycles. The number of benzene rings is 1. The van der Waals surface area contributed by atoms with Crippen LogP contribution in [0.3, 0.4) is 0 Å². The van der Waals surface area contributed by atoms with E-state index in [1.807, 2.05) is 31.2 Å². The molecule has 0 radical (unpaired) electrons. The highest BCUT2D eigenvalue weighted by Gasteiger charge is 2.21. The summed E-state index contributed by atoms with van der Waals surface area (Å²) in [5.74, 6) is -1.36. The number of carboxylic acids is 1. The van der Waals surface area contributed by atoms with Gasteiger partial charge in [0.1, 0.15) is 5.82 Å². The predicted octanol–water partition coefficient (Wildman–Crippen LogP) is 5.64. The Morgan fingerprint density at radius 3 is 2.41 bits per heavy atom. The van der Waals surface area contributed by atoms with Crippen LogP contribution in [0.25, 0.3) is 23.3 Å². The molecule has 6 heteroatoms. The average Bonchev–Trinajstić information content (AvgIpc) is 3.01. The predicted molar refractivity (Wildman–Crippen MR) is 127 cm³/mol. The number of aliphatic hydroxyl groups is 1. The number of carboxylic acid groups (broad SMARTS) is 1. The lowest BCUT2D eigenvalue weighted by atomic mass is 10.00. The van der Waals surface area contributed by atoms with Crippen molar-refractivity contribution in [3.63, 3.8) is 0 Å². The summed E-state index contributed by atoms with van der Waals surface area (Å²) in [6.07, 6.45) is 7.69. The van der Waals surface area contributed by atoms with E-state index in [1.165, 1.54) is 19.2 Å². The Labute approximate surface area is 189 Å². The van der Waals surface area contributed by atoms with Crippen molar-refractivity contribution in [2.45, 2.75) is 51.9 Å². The molecule has 2 N–H and O–H groups in total. The van der Waals surface area contributed by atoms with Gasteiger partial charge < -0.3 is 19.5 Å². The van der Waals surface area contributed by atoms with Gasteiger partial charge in [-0.05, 0) is 56.2 Å². The van der Waals surface area contributed by atoms with Crippen molar-refractivity contribution in [3.05, 3.63) is 71.8 Å². The average molecular weight is 442 g/mol. The fraction of sp³-hybridized carbons (Fsp3) is 0.346. The molecule has 0 spiro atoms. The zero-order valence-electron chi connectivity index (χ0n) is 19.1. The number of methoxy groups -OCH3 is 1. The first kappa shape index (κ1) is 25.3. The number of allylic oxidation sites excluding steroid dienone is 2. The number of hydrogen-bond acceptors (Lipinski definition) is 3. The van der Waals surface area contributed by atoms with Crippen LogP contribution < -0.4 is 0 Å². The Morgan fingerprint density at radius 1 is 1.22 bits per heavy atom. The van der Waals surface area contributed by atoms with E-state index in [9.17, 15) is 14.3 Å². The van der Waals surface area contributed by atoms with E-state index in [0.29, 0.717) is 0 Å². The number of aromatic nitrogens is 1. The van der Waals surface area contributed by atoms with Crippen molar-refractivity contribution in [2.24, 2.45) is 0 Å². The lowest BCUT2D eigenvalue weighted by Gasteiger charge is -2.17. The fourth-order valence-electron chi connectivity index (χ4n) is 3.82. The van der Waals surface area contributed by atoms with Gasteiger partial charge in [0, 0.05) is 36.5 Å². The van der Waals surface area contributed by atoms with E-state index in [1.54, 1.807) is 18.2 Å². The summed E-state index contributed by atoms with van der Waals surface area (Å²) in [7, 11) is 1.52. The summed E-state index contributed by atoms with van der Waals surface area (Å²) in [6, 6.07) is 6.52. The van der Waals surface area contributed by atoms with Crippen LogP contribution in [0, 0.1) is 12.7 Å². The standard InChI is InChI=1S/C26H32FNO4/c1-6-7-8-23-18(4)26(19-9-11-20(27)12-10-19)24(28(23)17(2)3)14-13-22(32-5)15-21(29)16-25(30)31/h6-14,17,21-22,29H,1,15-16H2,2-5H3,(H,30,31)/b8-7-,14-13+/t21-,22-/m1/s1. The zero-order chi connectivity index (χ0) is 23.8. The Hall–Kier alpha value is -2.96. The van der Waals surface area contributed by atoms with Crippen LogP contribution in [-0.2, 0) is 9.53 Å². The van der Waals surface area contributed by atoms with Gasteiger partial charge in [-0.2, -0.15) is 0 Å². The molecule has 0 saturated heterocycles. The topological polar surface area (TPSA) is 71.7 Å². The molecule has 172 valence electrons. The Kier molecular flexibility index (Phi) is 9.17. The van der Waals surface area contributed by atoms with Crippen LogP contribution in [-0.4, -0.2) is 40.1 Å². The highest BCUT2D eigenvalue weighted by molar-refractivity contribution is 5.81. The van der Waals surface area contributed by atoms with E-state index in [0.717, 1.165) is 28.1 Å².